The summed E-state index contributed by atoms with van der Waals surface area (Å²) in [6, 6.07) is 3.63. The van der Waals surface area contributed by atoms with Gasteiger partial charge in [-0.2, -0.15) is 0 Å². The van der Waals surface area contributed by atoms with Gasteiger partial charge in [0.05, 0.1) is 29.5 Å². The Bertz CT molecular complexity index is 839. The molecule has 0 aliphatic heterocycles. The van der Waals surface area contributed by atoms with Crippen LogP contribution in [0.1, 0.15) is 21.9 Å². The largest absolute Gasteiger partial charge is 0.337 e. The van der Waals surface area contributed by atoms with Crippen molar-refractivity contribution in [3.8, 4) is 0 Å². The van der Waals surface area contributed by atoms with Gasteiger partial charge in [0.1, 0.15) is 0 Å². The van der Waals surface area contributed by atoms with E-state index in [2.05, 4.69) is 30.6 Å². The summed E-state index contributed by atoms with van der Waals surface area (Å²) in [6.07, 6.45) is 4.92. The van der Waals surface area contributed by atoms with Crippen LogP contribution in [0.15, 0.2) is 36.1 Å². The van der Waals surface area contributed by atoms with Crippen LogP contribution in [0.2, 0.25) is 0 Å². The number of aromatic nitrogens is 4. The second-order valence-electron chi connectivity index (χ2n) is 4.82. The molecule has 1 amide bonds. The van der Waals surface area contributed by atoms with Gasteiger partial charge in [-0.05, 0) is 26.0 Å². The Labute approximate surface area is 149 Å². The molecule has 124 valence electrons. The first-order valence-electron chi connectivity index (χ1n) is 6.86. The highest BCUT2D eigenvalue weighted by molar-refractivity contribution is 7.13. The predicted octanol–water partition coefficient (Wildman–Crippen LogP) is 3.36. The molecule has 0 aliphatic rings. The molecule has 0 atom stereocenters. The van der Waals surface area contributed by atoms with Crippen LogP contribution in [0.4, 0.5) is 16.6 Å². The normalized spacial score (nSPS) is 9.92. The Morgan fingerprint density at radius 1 is 1.17 bits per heavy atom. The maximum absolute atomic E-state index is 12.5. The molecule has 3 aromatic heterocycles. The van der Waals surface area contributed by atoms with Crippen molar-refractivity contribution < 1.29 is 4.79 Å². The van der Waals surface area contributed by atoms with Gasteiger partial charge in [0, 0.05) is 11.6 Å². The van der Waals surface area contributed by atoms with Gasteiger partial charge in [0.25, 0.3) is 5.91 Å². The van der Waals surface area contributed by atoms with E-state index in [1.54, 1.807) is 31.6 Å². The molecule has 0 saturated carbocycles. The zero-order valence-corrected chi connectivity index (χ0v) is 14.6. The Balaban J connectivity index is 0.00000208. The maximum atomic E-state index is 12.5. The number of carbonyl (C=O) groups is 1. The first-order chi connectivity index (χ1) is 11.1. The molecule has 0 saturated heterocycles. The molecule has 0 unspecified atom stereocenters. The zero-order valence-electron chi connectivity index (χ0n) is 13.0. The van der Waals surface area contributed by atoms with Crippen LogP contribution in [0, 0.1) is 13.8 Å². The van der Waals surface area contributed by atoms with Crippen LogP contribution in [0.25, 0.3) is 0 Å². The van der Waals surface area contributed by atoms with Crippen LogP contribution in [-0.2, 0) is 0 Å². The Hall–Kier alpha value is -2.58. The average molecular weight is 363 g/mol. The van der Waals surface area contributed by atoms with Gasteiger partial charge in [-0.15, -0.1) is 23.7 Å². The monoisotopic (exact) mass is 362 g/mol. The standard InChI is InChI=1S/C15H14N6OS.ClH/c1-9-6-17-13(20-11-4-3-5-16-7-11)12(18-9)14(22)21-15-19-10(2)8-23-15;/h3-8H,1-2H3,(H,17,20)(H,19,21,22);1H. The number of halogens is 1. The lowest BCUT2D eigenvalue weighted by molar-refractivity contribution is 0.102. The molecule has 3 heterocycles. The molecule has 0 bridgehead atoms. The first-order valence-corrected chi connectivity index (χ1v) is 7.74. The highest BCUT2D eigenvalue weighted by Crippen LogP contribution is 2.20. The number of aryl methyl sites for hydroxylation is 2. The molecule has 2 N–H and O–H groups in total. The SMILES string of the molecule is Cc1csc(NC(=O)c2nc(C)cnc2Nc2cccnc2)n1.Cl. The minimum Gasteiger partial charge on any atom is -0.337 e. The minimum atomic E-state index is -0.359. The van der Waals surface area contributed by atoms with Gasteiger partial charge in [0.2, 0.25) is 0 Å². The van der Waals surface area contributed by atoms with E-state index in [0.29, 0.717) is 16.6 Å². The highest BCUT2D eigenvalue weighted by atomic mass is 35.5. The van der Waals surface area contributed by atoms with Crippen molar-refractivity contribution in [3.63, 3.8) is 0 Å². The molecule has 0 radical (unpaired) electrons. The molecule has 7 nitrogen and oxygen atoms in total. The minimum absolute atomic E-state index is 0. The van der Waals surface area contributed by atoms with E-state index in [1.807, 2.05) is 18.4 Å². The summed E-state index contributed by atoms with van der Waals surface area (Å²) in [5.74, 6) is 0.0105. The van der Waals surface area contributed by atoms with Gasteiger partial charge in [0.15, 0.2) is 16.6 Å². The molecule has 0 aromatic carbocycles. The van der Waals surface area contributed by atoms with Gasteiger partial charge < -0.3 is 5.32 Å². The Kier molecular flexibility index (Phi) is 5.78. The van der Waals surface area contributed by atoms with E-state index in [0.717, 1.165) is 11.4 Å². The summed E-state index contributed by atoms with van der Waals surface area (Å²) in [5.41, 5.74) is 2.45. The van der Waals surface area contributed by atoms with E-state index in [4.69, 9.17) is 0 Å². The number of rotatable bonds is 4. The van der Waals surface area contributed by atoms with E-state index in [1.165, 1.54) is 11.3 Å². The number of nitrogens with one attached hydrogen (secondary N) is 2. The fourth-order valence-electron chi connectivity index (χ4n) is 1.87. The summed E-state index contributed by atoms with van der Waals surface area (Å²) in [7, 11) is 0. The highest BCUT2D eigenvalue weighted by Gasteiger charge is 2.17. The molecular formula is C15H15ClN6OS. The van der Waals surface area contributed by atoms with Crippen LogP contribution >= 0.6 is 23.7 Å². The lowest BCUT2D eigenvalue weighted by Crippen LogP contribution is -2.17. The summed E-state index contributed by atoms with van der Waals surface area (Å²) in [4.78, 5) is 29.3. The zero-order chi connectivity index (χ0) is 16.2. The van der Waals surface area contributed by atoms with E-state index >= 15 is 0 Å². The molecular weight excluding hydrogens is 348 g/mol. The number of nitrogens with zero attached hydrogens (tertiary/aromatic N) is 4. The van der Waals surface area contributed by atoms with Crippen molar-refractivity contribution in [1.82, 2.24) is 19.9 Å². The predicted molar refractivity (Wildman–Crippen MR) is 96.3 cm³/mol. The van der Waals surface area contributed by atoms with Crippen molar-refractivity contribution in [1.29, 1.82) is 0 Å². The number of anilines is 3. The van der Waals surface area contributed by atoms with E-state index in [-0.39, 0.29) is 24.0 Å². The van der Waals surface area contributed by atoms with Crippen LogP contribution in [0.3, 0.4) is 0 Å². The smallest absolute Gasteiger partial charge is 0.279 e. The third-order valence-corrected chi connectivity index (χ3v) is 3.75. The molecule has 3 rings (SSSR count). The number of hydrogen-bond donors (Lipinski definition) is 2. The second kappa shape index (κ2) is 7.80. The van der Waals surface area contributed by atoms with E-state index in [9.17, 15) is 4.79 Å². The van der Waals surface area contributed by atoms with Gasteiger partial charge in [-0.1, -0.05) is 0 Å². The molecule has 3 aromatic rings. The third kappa shape index (κ3) is 4.24. The third-order valence-electron chi connectivity index (χ3n) is 2.87. The molecule has 0 spiro atoms. The quantitative estimate of drug-likeness (QED) is 0.739. The number of carbonyl (C=O) groups excluding carboxylic acids is 1. The lowest BCUT2D eigenvalue weighted by Gasteiger charge is -2.10. The van der Waals surface area contributed by atoms with Gasteiger partial charge in [-0.25, -0.2) is 15.0 Å². The fraction of sp³-hybridized carbons (Fsp3) is 0.133. The van der Waals surface area contributed by atoms with Crippen molar-refractivity contribution in [3.05, 3.63) is 53.2 Å². The number of thiazole rings is 1. The summed E-state index contributed by atoms with van der Waals surface area (Å²) >= 11 is 1.36. The van der Waals surface area contributed by atoms with Crippen molar-refractivity contribution in [2.24, 2.45) is 0 Å². The number of amides is 1. The molecule has 0 fully saturated rings. The summed E-state index contributed by atoms with van der Waals surface area (Å²) in [5, 5.41) is 8.20. The maximum Gasteiger partial charge on any atom is 0.279 e. The summed E-state index contributed by atoms with van der Waals surface area (Å²) in [6.45, 7) is 3.65. The van der Waals surface area contributed by atoms with Crippen LogP contribution in [-0.4, -0.2) is 25.8 Å². The van der Waals surface area contributed by atoms with Crippen molar-refractivity contribution in [2.45, 2.75) is 13.8 Å². The van der Waals surface area contributed by atoms with Crippen molar-refractivity contribution >= 4 is 46.3 Å². The fourth-order valence-corrected chi connectivity index (χ4v) is 2.55. The molecule has 24 heavy (non-hydrogen) atoms. The molecule has 0 aliphatic carbocycles. The van der Waals surface area contributed by atoms with Crippen LogP contribution < -0.4 is 10.6 Å². The van der Waals surface area contributed by atoms with Crippen molar-refractivity contribution in [2.75, 3.05) is 10.6 Å². The topological polar surface area (TPSA) is 92.7 Å². The second-order valence-corrected chi connectivity index (χ2v) is 5.68. The molecule has 9 heteroatoms. The first kappa shape index (κ1) is 17.8. The van der Waals surface area contributed by atoms with Gasteiger partial charge >= 0.3 is 0 Å². The average Bonchev–Trinajstić information content (AvgIpc) is 2.95. The number of hydrogen-bond acceptors (Lipinski definition) is 7. The Morgan fingerprint density at radius 3 is 2.67 bits per heavy atom. The summed E-state index contributed by atoms with van der Waals surface area (Å²) < 4.78 is 0. The van der Waals surface area contributed by atoms with Crippen LogP contribution in [0.5, 0.6) is 0 Å². The van der Waals surface area contributed by atoms with E-state index < -0.39 is 0 Å². The number of pyridine rings is 1. The Morgan fingerprint density at radius 2 is 2.00 bits per heavy atom. The lowest BCUT2D eigenvalue weighted by atomic mass is 10.3. The van der Waals surface area contributed by atoms with Gasteiger partial charge in [-0.3, -0.25) is 15.1 Å².